The molecule has 0 spiro atoms. The summed E-state index contributed by atoms with van der Waals surface area (Å²) in [5.41, 5.74) is 1.70. The van der Waals surface area contributed by atoms with Gasteiger partial charge in [0.2, 0.25) is 6.10 Å². The van der Waals surface area contributed by atoms with Gasteiger partial charge in [-0.2, -0.15) is 5.10 Å². The van der Waals surface area contributed by atoms with Crippen LogP contribution in [0.15, 0.2) is 54.0 Å². The van der Waals surface area contributed by atoms with E-state index in [9.17, 15) is 9.59 Å². The number of rotatable bonds is 4. The van der Waals surface area contributed by atoms with Gasteiger partial charge < -0.3 is 9.47 Å². The van der Waals surface area contributed by atoms with Crippen LogP contribution >= 0.6 is 11.3 Å². The zero-order chi connectivity index (χ0) is 17.2. The largest absolute Gasteiger partial charge is 0.463 e. The van der Waals surface area contributed by atoms with E-state index >= 15 is 0 Å². The molecule has 0 N–H and O–H groups in total. The summed E-state index contributed by atoms with van der Waals surface area (Å²) < 4.78 is 11.8. The molecule has 0 aliphatic carbocycles. The lowest BCUT2D eigenvalue weighted by molar-refractivity contribution is -0.145. The molecule has 0 bridgehead atoms. The summed E-state index contributed by atoms with van der Waals surface area (Å²) in [5.74, 6) is -1.07. The van der Waals surface area contributed by atoms with Crippen molar-refractivity contribution >= 4 is 23.3 Å². The monoisotopic (exact) mass is 354 g/mol. The first-order valence-corrected chi connectivity index (χ1v) is 8.67. The van der Waals surface area contributed by atoms with Crippen LogP contribution in [0.1, 0.15) is 16.8 Å². The molecule has 4 rings (SSSR count). The fourth-order valence-corrected chi connectivity index (χ4v) is 3.33. The molecular formula is C18H14N2O4S. The molecule has 1 atom stereocenters. The Morgan fingerprint density at radius 3 is 2.76 bits per heavy atom. The van der Waals surface area contributed by atoms with Gasteiger partial charge in [-0.1, -0.05) is 24.3 Å². The van der Waals surface area contributed by atoms with Crippen LogP contribution in [-0.2, 0) is 14.3 Å². The number of carbonyl (C=O) groups excluding carboxylic acids is 2. The molecule has 7 heteroatoms. The average Bonchev–Trinajstić information content (AvgIpc) is 3.36. The summed E-state index contributed by atoms with van der Waals surface area (Å²) in [7, 11) is 0. The zero-order valence-corrected chi connectivity index (χ0v) is 13.9. The Morgan fingerprint density at radius 2 is 2.08 bits per heavy atom. The highest BCUT2D eigenvalue weighted by Gasteiger charge is 2.32. The molecule has 1 aliphatic heterocycles. The highest BCUT2D eigenvalue weighted by atomic mass is 32.1. The smallest absolute Gasteiger partial charge is 0.347 e. The molecule has 0 saturated carbocycles. The molecule has 0 unspecified atom stereocenters. The van der Waals surface area contributed by atoms with Crippen LogP contribution in [0.2, 0.25) is 0 Å². The molecule has 25 heavy (non-hydrogen) atoms. The molecule has 3 heterocycles. The Morgan fingerprint density at radius 1 is 1.24 bits per heavy atom. The summed E-state index contributed by atoms with van der Waals surface area (Å²) in [5, 5.41) is 6.46. The molecular weight excluding hydrogens is 340 g/mol. The minimum atomic E-state index is -0.844. The maximum atomic E-state index is 12.6. The number of benzene rings is 1. The minimum absolute atomic E-state index is 0.276. The lowest BCUT2D eigenvalue weighted by atomic mass is 10.2. The zero-order valence-electron chi connectivity index (χ0n) is 13.1. The second kappa shape index (κ2) is 6.52. The van der Waals surface area contributed by atoms with E-state index in [0.717, 1.165) is 10.6 Å². The number of cyclic esters (lactones) is 1. The van der Waals surface area contributed by atoms with E-state index in [1.165, 1.54) is 11.3 Å². The SMILES string of the molecule is O=C(O[C@@H]1CCOC1=O)c1cn(-c2ccccc2)nc1-c1cccs1. The van der Waals surface area contributed by atoms with Gasteiger partial charge in [-0.05, 0) is 23.6 Å². The molecule has 3 aromatic rings. The third-order valence-corrected chi connectivity index (χ3v) is 4.72. The van der Waals surface area contributed by atoms with Crippen molar-refractivity contribution in [3.05, 3.63) is 59.6 Å². The molecule has 1 aromatic carbocycles. The Bertz CT molecular complexity index is 903. The van der Waals surface area contributed by atoms with Gasteiger partial charge in [-0.25, -0.2) is 14.3 Å². The quantitative estimate of drug-likeness (QED) is 0.674. The molecule has 1 saturated heterocycles. The Kier molecular flexibility index (Phi) is 4.07. The summed E-state index contributed by atoms with van der Waals surface area (Å²) in [6, 6.07) is 13.3. The van der Waals surface area contributed by atoms with E-state index in [2.05, 4.69) is 5.10 Å². The van der Waals surface area contributed by atoms with E-state index in [-0.39, 0.29) is 6.61 Å². The van der Waals surface area contributed by atoms with Crippen LogP contribution in [0.25, 0.3) is 16.3 Å². The Labute approximate surface area is 147 Å². The van der Waals surface area contributed by atoms with Crippen molar-refractivity contribution < 1.29 is 19.1 Å². The highest BCUT2D eigenvalue weighted by Crippen LogP contribution is 2.29. The normalized spacial score (nSPS) is 16.6. The summed E-state index contributed by atoms with van der Waals surface area (Å²) in [4.78, 5) is 25.0. The first kappa shape index (κ1) is 15.6. The number of esters is 2. The standard InChI is InChI=1S/C18H14N2O4S/c21-17(24-14-8-9-23-18(14)22)13-11-20(12-5-2-1-3-6-12)19-16(13)15-7-4-10-25-15/h1-7,10-11,14H,8-9H2/t14-/m1/s1. The molecule has 2 aromatic heterocycles. The van der Waals surface area contributed by atoms with Gasteiger partial charge in [0.25, 0.3) is 0 Å². The third-order valence-electron chi connectivity index (χ3n) is 3.85. The van der Waals surface area contributed by atoms with Crippen LogP contribution in [-0.4, -0.2) is 34.4 Å². The van der Waals surface area contributed by atoms with Gasteiger partial charge in [0.1, 0.15) is 11.3 Å². The number of para-hydroxylation sites is 1. The molecule has 0 radical (unpaired) electrons. The predicted octanol–water partition coefficient (Wildman–Crippen LogP) is 3.07. The van der Waals surface area contributed by atoms with Gasteiger partial charge in [-0.3, -0.25) is 0 Å². The average molecular weight is 354 g/mol. The maximum Gasteiger partial charge on any atom is 0.347 e. The van der Waals surface area contributed by atoms with Gasteiger partial charge >= 0.3 is 11.9 Å². The number of aromatic nitrogens is 2. The van der Waals surface area contributed by atoms with Crippen molar-refractivity contribution in [3.63, 3.8) is 0 Å². The molecule has 6 nitrogen and oxygen atoms in total. The second-order valence-electron chi connectivity index (χ2n) is 5.50. The molecule has 126 valence electrons. The fraction of sp³-hybridized carbons (Fsp3) is 0.167. The lowest BCUT2D eigenvalue weighted by Crippen LogP contribution is -2.22. The van der Waals surface area contributed by atoms with Crippen molar-refractivity contribution in [2.75, 3.05) is 6.61 Å². The summed E-state index contributed by atoms with van der Waals surface area (Å²) >= 11 is 1.48. The topological polar surface area (TPSA) is 70.4 Å². The van der Waals surface area contributed by atoms with Crippen molar-refractivity contribution in [2.24, 2.45) is 0 Å². The predicted molar refractivity (Wildman–Crippen MR) is 91.7 cm³/mol. The molecule has 1 fully saturated rings. The van der Waals surface area contributed by atoms with Gasteiger partial charge in [-0.15, -0.1) is 11.3 Å². The van der Waals surface area contributed by atoms with Gasteiger partial charge in [0, 0.05) is 12.6 Å². The van der Waals surface area contributed by atoms with Crippen LogP contribution in [0, 0.1) is 0 Å². The van der Waals surface area contributed by atoms with Crippen LogP contribution in [0.3, 0.4) is 0 Å². The van der Waals surface area contributed by atoms with Gasteiger partial charge in [0.05, 0.1) is 17.2 Å². The summed E-state index contributed by atoms with van der Waals surface area (Å²) in [6.07, 6.45) is 1.17. The fourth-order valence-electron chi connectivity index (χ4n) is 2.61. The van der Waals surface area contributed by atoms with Crippen LogP contribution in [0.4, 0.5) is 0 Å². The lowest BCUT2D eigenvalue weighted by Gasteiger charge is -2.07. The van der Waals surface area contributed by atoms with E-state index in [0.29, 0.717) is 17.7 Å². The van der Waals surface area contributed by atoms with E-state index in [1.807, 2.05) is 47.8 Å². The number of hydrogen-bond donors (Lipinski definition) is 0. The van der Waals surface area contributed by atoms with Crippen molar-refractivity contribution in [3.8, 4) is 16.3 Å². The van der Waals surface area contributed by atoms with E-state index in [4.69, 9.17) is 9.47 Å². The first-order chi connectivity index (χ1) is 12.2. The second-order valence-corrected chi connectivity index (χ2v) is 6.45. The van der Waals surface area contributed by atoms with E-state index < -0.39 is 18.0 Å². The number of thiophene rings is 1. The van der Waals surface area contributed by atoms with Crippen molar-refractivity contribution in [2.45, 2.75) is 12.5 Å². The maximum absolute atomic E-state index is 12.6. The Hall–Kier alpha value is -2.93. The van der Waals surface area contributed by atoms with Crippen molar-refractivity contribution in [1.82, 2.24) is 9.78 Å². The molecule has 0 amide bonds. The van der Waals surface area contributed by atoms with Crippen molar-refractivity contribution in [1.29, 1.82) is 0 Å². The minimum Gasteiger partial charge on any atom is -0.463 e. The van der Waals surface area contributed by atoms with Crippen LogP contribution in [0.5, 0.6) is 0 Å². The van der Waals surface area contributed by atoms with E-state index in [1.54, 1.807) is 10.9 Å². The highest BCUT2D eigenvalue weighted by molar-refractivity contribution is 7.13. The van der Waals surface area contributed by atoms with Gasteiger partial charge in [0.15, 0.2) is 0 Å². The number of carbonyl (C=O) groups is 2. The number of ether oxygens (including phenoxy) is 2. The third kappa shape index (κ3) is 3.06. The summed E-state index contributed by atoms with van der Waals surface area (Å²) in [6.45, 7) is 0.276. The number of nitrogens with zero attached hydrogens (tertiary/aromatic N) is 2. The Balaban J connectivity index is 1.71. The van der Waals surface area contributed by atoms with Crippen LogP contribution < -0.4 is 0 Å². The first-order valence-electron chi connectivity index (χ1n) is 7.79. The molecule has 1 aliphatic rings. The number of hydrogen-bond acceptors (Lipinski definition) is 6.